The number of hydrogen-bond acceptors (Lipinski definition) is 1. The highest BCUT2D eigenvalue weighted by Crippen LogP contribution is 2.20. The maximum Gasteiger partial charge on any atom is 0.109 e. The smallest absolute Gasteiger partial charge is 0.109 e. The Labute approximate surface area is 77.1 Å². The number of hydrogen-bond donors (Lipinski definition) is 0. The fraction of sp³-hybridized carbons (Fsp3) is 0.286. The molecular formula is C7H7Br2N. The maximum absolute atomic E-state index is 4.24. The molecule has 0 aromatic carbocycles. The fourth-order valence-electron chi connectivity index (χ4n) is 0.643. The fourth-order valence-corrected chi connectivity index (χ4v) is 1.46. The van der Waals surface area contributed by atoms with Crippen molar-refractivity contribution >= 4 is 31.9 Å². The third-order valence-electron chi connectivity index (χ3n) is 1.28. The molecule has 0 unspecified atom stereocenters. The molecule has 10 heavy (non-hydrogen) atoms. The largest absolute Gasteiger partial charge is 0.245 e. The van der Waals surface area contributed by atoms with Crippen molar-refractivity contribution in [1.82, 2.24) is 4.98 Å². The average molecular weight is 265 g/mol. The van der Waals surface area contributed by atoms with Crippen LogP contribution >= 0.6 is 31.9 Å². The van der Waals surface area contributed by atoms with E-state index in [-0.39, 0.29) is 0 Å². The van der Waals surface area contributed by atoms with Gasteiger partial charge in [-0.1, -0.05) is 0 Å². The Balaban J connectivity index is 3.28. The second-order valence-electron chi connectivity index (χ2n) is 2.16. The summed E-state index contributed by atoms with van der Waals surface area (Å²) in [7, 11) is 0. The van der Waals surface area contributed by atoms with E-state index in [0.29, 0.717) is 0 Å². The standard InChI is InChI=1S/C7H7Br2N/c1-4-3-6(8)5(2)10-7(4)9/h3H,1-2H3. The van der Waals surface area contributed by atoms with E-state index in [0.717, 1.165) is 20.3 Å². The molecule has 0 bridgehead atoms. The van der Waals surface area contributed by atoms with Gasteiger partial charge >= 0.3 is 0 Å². The minimum atomic E-state index is 0.924. The van der Waals surface area contributed by atoms with Gasteiger partial charge in [-0.3, -0.25) is 0 Å². The Morgan fingerprint density at radius 3 is 2.40 bits per heavy atom. The monoisotopic (exact) mass is 263 g/mol. The van der Waals surface area contributed by atoms with Crippen LogP contribution in [0.1, 0.15) is 11.3 Å². The summed E-state index contributed by atoms with van der Waals surface area (Å²) in [6, 6.07) is 2.05. The normalized spacial score (nSPS) is 10.0. The zero-order chi connectivity index (χ0) is 7.72. The number of aryl methyl sites for hydroxylation is 2. The predicted molar refractivity (Wildman–Crippen MR) is 49.1 cm³/mol. The lowest BCUT2D eigenvalue weighted by atomic mass is 10.3. The van der Waals surface area contributed by atoms with E-state index in [1.165, 1.54) is 0 Å². The van der Waals surface area contributed by atoms with Crippen molar-refractivity contribution in [3.05, 3.63) is 26.4 Å². The summed E-state index contributed by atoms with van der Waals surface area (Å²) in [4.78, 5) is 4.24. The SMILES string of the molecule is Cc1cc(Br)c(C)nc1Br. The summed E-state index contributed by atoms with van der Waals surface area (Å²) in [5.74, 6) is 0. The van der Waals surface area contributed by atoms with Crippen molar-refractivity contribution in [2.24, 2.45) is 0 Å². The summed E-state index contributed by atoms with van der Waals surface area (Å²) in [5, 5.41) is 0. The quantitative estimate of drug-likeness (QED) is 0.656. The van der Waals surface area contributed by atoms with E-state index >= 15 is 0 Å². The molecule has 0 aliphatic carbocycles. The van der Waals surface area contributed by atoms with Crippen molar-refractivity contribution in [3.63, 3.8) is 0 Å². The zero-order valence-corrected chi connectivity index (χ0v) is 8.95. The molecule has 3 heteroatoms. The molecule has 1 aromatic heterocycles. The summed E-state index contributed by atoms with van der Waals surface area (Å²) >= 11 is 6.75. The highest BCUT2D eigenvalue weighted by Gasteiger charge is 1.99. The van der Waals surface area contributed by atoms with Gasteiger partial charge in [-0.25, -0.2) is 4.98 Å². The molecule has 0 saturated carbocycles. The summed E-state index contributed by atoms with van der Waals surface area (Å²) in [5.41, 5.74) is 2.16. The second kappa shape index (κ2) is 3.01. The second-order valence-corrected chi connectivity index (χ2v) is 3.77. The number of rotatable bonds is 0. The van der Waals surface area contributed by atoms with Gasteiger partial charge in [0.25, 0.3) is 0 Å². The van der Waals surface area contributed by atoms with Gasteiger partial charge in [-0.15, -0.1) is 0 Å². The number of halogens is 2. The van der Waals surface area contributed by atoms with Crippen LogP contribution in [0.4, 0.5) is 0 Å². The van der Waals surface area contributed by atoms with E-state index in [2.05, 4.69) is 36.8 Å². The Kier molecular flexibility index (Phi) is 2.47. The molecule has 0 spiro atoms. The van der Waals surface area contributed by atoms with Crippen LogP contribution in [-0.4, -0.2) is 4.98 Å². The molecule has 0 amide bonds. The maximum atomic E-state index is 4.24. The van der Waals surface area contributed by atoms with Gasteiger partial charge in [0.2, 0.25) is 0 Å². The molecule has 1 rings (SSSR count). The lowest BCUT2D eigenvalue weighted by molar-refractivity contribution is 1.12. The molecule has 1 heterocycles. The molecule has 0 atom stereocenters. The third kappa shape index (κ3) is 1.58. The van der Waals surface area contributed by atoms with E-state index in [4.69, 9.17) is 0 Å². The number of pyridine rings is 1. The first-order chi connectivity index (χ1) is 4.61. The summed E-state index contributed by atoms with van der Waals surface area (Å²) < 4.78 is 1.99. The average Bonchev–Trinajstić information content (AvgIpc) is 1.84. The first-order valence-corrected chi connectivity index (χ1v) is 4.49. The van der Waals surface area contributed by atoms with Gasteiger partial charge in [-0.2, -0.15) is 0 Å². The summed E-state index contributed by atoms with van der Waals surface area (Å²) in [6.45, 7) is 3.98. The van der Waals surface area contributed by atoms with Crippen LogP contribution in [0, 0.1) is 13.8 Å². The van der Waals surface area contributed by atoms with Gasteiger partial charge in [-0.05, 0) is 57.3 Å². The van der Waals surface area contributed by atoms with Crippen molar-refractivity contribution in [2.45, 2.75) is 13.8 Å². The minimum absolute atomic E-state index is 0.924. The van der Waals surface area contributed by atoms with Gasteiger partial charge in [0.15, 0.2) is 0 Å². The molecule has 0 aliphatic rings. The molecule has 0 aliphatic heterocycles. The molecule has 1 aromatic rings. The first-order valence-electron chi connectivity index (χ1n) is 2.90. The van der Waals surface area contributed by atoms with Crippen molar-refractivity contribution in [1.29, 1.82) is 0 Å². The molecule has 0 fully saturated rings. The highest BCUT2D eigenvalue weighted by molar-refractivity contribution is 9.11. The van der Waals surface area contributed by atoms with E-state index in [1.807, 2.05) is 19.9 Å². The zero-order valence-electron chi connectivity index (χ0n) is 5.78. The van der Waals surface area contributed by atoms with Crippen LogP contribution in [0.2, 0.25) is 0 Å². The Morgan fingerprint density at radius 1 is 1.30 bits per heavy atom. The van der Waals surface area contributed by atoms with E-state index < -0.39 is 0 Å². The third-order valence-corrected chi connectivity index (χ3v) is 2.89. The van der Waals surface area contributed by atoms with Crippen LogP contribution in [0.5, 0.6) is 0 Å². The van der Waals surface area contributed by atoms with Crippen molar-refractivity contribution in [3.8, 4) is 0 Å². The molecule has 0 saturated heterocycles. The van der Waals surface area contributed by atoms with E-state index in [1.54, 1.807) is 0 Å². The Morgan fingerprint density at radius 2 is 1.90 bits per heavy atom. The van der Waals surface area contributed by atoms with Gasteiger partial charge in [0, 0.05) is 4.47 Å². The minimum Gasteiger partial charge on any atom is -0.245 e. The van der Waals surface area contributed by atoms with Crippen LogP contribution in [-0.2, 0) is 0 Å². The van der Waals surface area contributed by atoms with Gasteiger partial charge in [0.05, 0.1) is 5.69 Å². The van der Waals surface area contributed by atoms with Crippen LogP contribution in [0.25, 0.3) is 0 Å². The Hall–Kier alpha value is 0.110. The predicted octanol–water partition coefficient (Wildman–Crippen LogP) is 3.22. The lowest BCUT2D eigenvalue weighted by Gasteiger charge is -2.00. The number of nitrogens with zero attached hydrogens (tertiary/aromatic N) is 1. The van der Waals surface area contributed by atoms with Gasteiger partial charge in [0.1, 0.15) is 4.60 Å². The van der Waals surface area contributed by atoms with Crippen LogP contribution in [0.3, 0.4) is 0 Å². The topological polar surface area (TPSA) is 12.9 Å². The highest BCUT2D eigenvalue weighted by atomic mass is 79.9. The molecule has 54 valence electrons. The summed E-state index contributed by atoms with van der Waals surface area (Å²) in [6.07, 6.45) is 0. The molecule has 1 nitrogen and oxygen atoms in total. The molecule has 0 radical (unpaired) electrons. The lowest BCUT2D eigenvalue weighted by Crippen LogP contribution is -1.86. The van der Waals surface area contributed by atoms with Gasteiger partial charge < -0.3 is 0 Å². The van der Waals surface area contributed by atoms with Crippen LogP contribution < -0.4 is 0 Å². The first kappa shape index (κ1) is 8.21. The molecular weight excluding hydrogens is 258 g/mol. The van der Waals surface area contributed by atoms with Crippen LogP contribution in [0.15, 0.2) is 15.1 Å². The Bertz CT molecular complexity index is 208. The number of aromatic nitrogens is 1. The van der Waals surface area contributed by atoms with Crippen molar-refractivity contribution < 1.29 is 0 Å². The molecule has 0 N–H and O–H groups in total. The van der Waals surface area contributed by atoms with Crippen molar-refractivity contribution in [2.75, 3.05) is 0 Å². The van der Waals surface area contributed by atoms with E-state index in [9.17, 15) is 0 Å².